The van der Waals surface area contributed by atoms with Gasteiger partial charge in [0.05, 0.1) is 0 Å². The molecule has 0 radical (unpaired) electrons. The topological polar surface area (TPSA) is 92.9 Å². The van der Waals surface area contributed by atoms with E-state index in [1.807, 2.05) is 4.98 Å². The number of aromatic nitrogens is 2. The maximum absolute atomic E-state index is 11.9. The van der Waals surface area contributed by atoms with Crippen LogP contribution in [0.5, 0.6) is 0 Å². The molecule has 1 aromatic heterocycles. The SMILES string of the molecule is Cn1c(N)c(NCCCCC(F)(F)F)c(=O)[nH]c1=O. The van der Waals surface area contributed by atoms with Crippen molar-refractivity contribution < 1.29 is 13.2 Å². The zero-order valence-corrected chi connectivity index (χ0v) is 10.3. The van der Waals surface area contributed by atoms with Crippen LogP contribution in [0.25, 0.3) is 0 Å². The second-order valence-corrected chi connectivity index (χ2v) is 4.08. The van der Waals surface area contributed by atoms with E-state index < -0.39 is 23.8 Å². The first-order chi connectivity index (χ1) is 8.72. The Bertz CT molecular complexity index is 547. The first-order valence-corrected chi connectivity index (χ1v) is 5.62. The molecule has 0 atom stereocenters. The molecule has 9 heteroatoms. The van der Waals surface area contributed by atoms with E-state index in [2.05, 4.69) is 5.32 Å². The molecule has 0 unspecified atom stereocenters. The van der Waals surface area contributed by atoms with Crippen molar-refractivity contribution in [3.05, 3.63) is 20.8 Å². The van der Waals surface area contributed by atoms with E-state index in [0.29, 0.717) is 0 Å². The number of halogens is 3. The highest BCUT2D eigenvalue weighted by atomic mass is 19.4. The number of aromatic amines is 1. The van der Waals surface area contributed by atoms with Gasteiger partial charge in [-0.1, -0.05) is 0 Å². The minimum Gasteiger partial charge on any atom is -0.383 e. The summed E-state index contributed by atoms with van der Waals surface area (Å²) in [5.41, 5.74) is 4.23. The van der Waals surface area contributed by atoms with Gasteiger partial charge in [0.1, 0.15) is 11.5 Å². The lowest BCUT2D eigenvalue weighted by atomic mass is 10.2. The maximum Gasteiger partial charge on any atom is 0.389 e. The summed E-state index contributed by atoms with van der Waals surface area (Å²) in [6.07, 6.45) is -4.84. The Hall–Kier alpha value is -1.93. The van der Waals surface area contributed by atoms with Crippen molar-refractivity contribution in [1.82, 2.24) is 9.55 Å². The second kappa shape index (κ2) is 5.81. The largest absolute Gasteiger partial charge is 0.389 e. The number of nitrogens with one attached hydrogen (secondary N) is 2. The van der Waals surface area contributed by atoms with E-state index in [4.69, 9.17) is 5.73 Å². The normalized spacial score (nSPS) is 11.6. The molecule has 0 aliphatic rings. The summed E-state index contributed by atoms with van der Waals surface area (Å²) in [6, 6.07) is 0. The van der Waals surface area contributed by atoms with Crippen LogP contribution in [0.15, 0.2) is 9.59 Å². The second-order valence-electron chi connectivity index (χ2n) is 4.08. The molecule has 0 spiro atoms. The molecular weight excluding hydrogens is 265 g/mol. The number of nitrogen functional groups attached to an aromatic ring is 1. The molecule has 4 N–H and O–H groups in total. The number of alkyl halides is 3. The number of hydrogen-bond acceptors (Lipinski definition) is 4. The molecule has 0 aliphatic heterocycles. The predicted molar refractivity (Wildman–Crippen MR) is 65.1 cm³/mol. The summed E-state index contributed by atoms with van der Waals surface area (Å²) >= 11 is 0. The van der Waals surface area contributed by atoms with E-state index >= 15 is 0 Å². The number of unbranched alkanes of at least 4 members (excludes halogenated alkanes) is 1. The fraction of sp³-hybridized carbons (Fsp3) is 0.600. The van der Waals surface area contributed by atoms with Crippen molar-refractivity contribution in [2.45, 2.75) is 25.4 Å². The van der Waals surface area contributed by atoms with Crippen molar-refractivity contribution >= 4 is 11.5 Å². The van der Waals surface area contributed by atoms with Crippen molar-refractivity contribution in [3.63, 3.8) is 0 Å². The molecule has 0 aliphatic carbocycles. The third kappa shape index (κ3) is 4.34. The van der Waals surface area contributed by atoms with Crippen molar-refractivity contribution in [1.29, 1.82) is 0 Å². The lowest BCUT2D eigenvalue weighted by molar-refractivity contribution is -0.135. The molecule has 0 amide bonds. The zero-order valence-electron chi connectivity index (χ0n) is 10.3. The number of rotatable bonds is 5. The lowest BCUT2D eigenvalue weighted by Crippen LogP contribution is -2.32. The van der Waals surface area contributed by atoms with Gasteiger partial charge in [-0.05, 0) is 12.8 Å². The summed E-state index contributed by atoms with van der Waals surface area (Å²) in [5.74, 6) is -0.0513. The molecule has 19 heavy (non-hydrogen) atoms. The summed E-state index contributed by atoms with van der Waals surface area (Å²) in [5, 5.41) is 2.64. The minimum absolute atomic E-state index is 0.00545. The number of H-pyrrole nitrogens is 1. The highest BCUT2D eigenvalue weighted by molar-refractivity contribution is 5.60. The number of nitrogens with zero attached hydrogens (tertiary/aromatic N) is 1. The van der Waals surface area contributed by atoms with E-state index in [1.165, 1.54) is 7.05 Å². The van der Waals surface area contributed by atoms with Crippen LogP contribution in [0, 0.1) is 0 Å². The average molecular weight is 280 g/mol. The van der Waals surface area contributed by atoms with Crippen LogP contribution >= 0.6 is 0 Å². The van der Waals surface area contributed by atoms with Gasteiger partial charge < -0.3 is 11.1 Å². The van der Waals surface area contributed by atoms with Gasteiger partial charge in [-0.3, -0.25) is 14.3 Å². The van der Waals surface area contributed by atoms with Crippen molar-refractivity contribution in [3.8, 4) is 0 Å². The van der Waals surface area contributed by atoms with E-state index in [-0.39, 0.29) is 30.9 Å². The van der Waals surface area contributed by atoms with Gasteiger partial charge in [0.2, 0.25) is 0 Å². The third-order valence-corrected chi connectivity index (χ3v) is 2.56. The molecule has 6 nitrogen and oxygen atoms in total. The van der Waals surface area contributed by atoms with E-state index in [9.17, 15) is 22.8 Å². The van der Waals surface area contributed by atoms with Gasteiger partial charge in [0, 0.05) is 20.0 Å². The van der Waals surface area contributed by atoms with Gasteiger partial charge >= 0.3 is 11.9 Å². The van der Waals surface area contributed by atoms with Crippen LogP contribution in [-0.4, -0.2) is 22.3 Å². The van der Waals surface area contributed by atoms with Gasteiger partial charge in [-0.2, -0.15) is 13.2 Å². The molecule has 0 fully saturated rings. The molecule has 0 saturated carbocycles. The Kier molecular flexibility index (Phi) is 4.62. The summed E-state index contributed by atoms with van der Waals surface area (Å²) in [7, 11) is 1.38. The minimum atomic E-state index is -4.17. The van der Waals surface area contributed by atoms with Gasteiger partial charge in [0.25, 0.3) is 5.56 Å². The molecule has 1 aromatic rings. The quantitative estimate of drug-likeness (QED) is 0.695. The number of hydrogen-bond donors (Lipinski definition) is 3. The van der Waals surface area contributed by atoms with Crippen LogP contribution in [-0.2, 0) is 7.05 Å². The van der Waals surface area contributed by atoms with Gasteiger partial charge in [0.15, 0.2) is 0 Å². The molecule has 1 heterocycles. The first-order valence-electron chi connectivity index (χ1n) is 5.62. The monoisotopic (exact) mass is 280 g/mol. The van der Waals surface area contributed by atoms with Crippen LogP contribution in [0.3, 0.4) is 0 Å². The molecule has 1 rings (SSSR count). The summed E-state index contributed by atoms with van der Waals surface area (Å²) < 4.78 is 36.7. The van der Waals surface area contributed by atoms with Crippen LogP contribution in [0.2, 0.25) is 0 Å². The van der Waals surface area contributed by atoms with Crippen LogP contribution in [0.4, 0.5) is 24.7 Å². The number of anilines is 2. The highest BCUT2D eigenvalue weighted by Gasteiger charge is 2.25. The smallest absolute Gasteiger partial charge is 0.383 e. The molecule has 0 bridgehead atoms. The maximum atomic E-state index is 11.9. The fourth-order valence-corrected chi connectivity index (χ4v) is 1.47. The van der Waals surface area contributed by atoms with Crippen LogP contribution in [0.1, 0.15) is 19.3 Å². The molecular formula is C10H15F3N4O2. The van der Waals surface area contributed by atoms with Gasteiger partial charge in [-0.25, -0.2) is 4.79 Å². The molecule has 0 aromatic carbocycles. The first kappa shape index (κ1) is 15.1. The van der Waals surface area contributed by atoms with Gasteiger partial charge in [-0.15, -0.1) is 0 Å². The zero-order chi connectivity index (χ0) is 14.6. The van der Waals surface area contributed by atoms with Crippen molar-refractivity contribution in [2.24, 2.45) is 7.05 Å². The molecule has 108 valence electrons. The standard InChI is InChI=1S/C10H15F3N4O2/c1-17-7(14)6(8(18)16-9(17)19)15-5-3-2-4-10(11,12)13/h15H,2-5,14H2,1H3,(H,16,18,19). The Morgan fingerprint density at radius 3 is 2.53 bits per heavy atom. The highest BCUT2D eigenvalue weighted by Crippen LogP contribution is 2.22. The molecule has 0 saturated heterocycles. The number of nitrogens with two attached hydrogens (primary N) is 1. The van der Waals surface area contributed by atoms with E-state index in [0.717, 1.165) is 4.57 Å². The fourth-order valence-electron chi connectivity index (χ4n) is 1.47. The predicted octanol–water partition coefficient (Wildman–Crippen LogP) is 0.800. The summed E-state index contributed by atoms with van der Waals surface area (Å²) in [6.45, 7) is 0.168. The van der Waals surface area contributed by atoms with Crippen LogP contribution < -0.4 is 22.3 Å². The summed E-state index contributed by atoms with van der Waals surface area (Å²) in [4.78, 5) is 24.7. The lowest BCUT2D eigenvalue weighted by Gasteiger charge is -2.11. The Morgan fingerprint density at radius 2 is 1.95 bits per heavy atom. The average Bonchev–Trinajstić information content (AvgIpc) is 2.28. The third-order valence-electron chi connectivity index (χ3n) is 2.56. The Labute approximate surface area is 106 Å². The van der Waals surface area contributed by atoms with Crippen molar-refractivity contribution in [2.75, 3.05) is 17.6 Å². The Morgan fingerprint density at radius 1 is 1.32 bits per heavy atom. The Balaban J connectivity index is 2.58. The van der Waals surface area contributed by atoms with E-state index in [1.54, 1.807) is 0 Å².